The van der Waals surface area contributed by atoms with E-state index >= 15 is 0 Å². The van der Waals surface area contributed by atoms with Gasteiger partial charge in [0.1, 0.15) is 12.5 Å². The molecule has 0 amide bonds. The summed E-state index contributed by atoms with van der Waals surface area (Å²) in [4.78, 5) is 23.7. The molecule has 0 aliphatic heterocycles. The van der Waals surface area contributed by atoms with Crippen molar-refractivity contribution in [1.29, 1.82) is 0 Å². The Hall–Kier alpha value is -1.43. The normalized spacial score (nSPS) is 9.71. The van der Waals surface area contributed by atoms with Crippen LogP contribution in [0.2, 0.25) is 0 Å². The van der Waals surface area contributed by atoms with Crippen LogP contribution < -0.4 is 0 Å². The molecule has 0 atom stereocenters. The van der Waals surface area contributed by atoms with Gasteiger partial charge in [-0.2, -0.15) is 0 Å². The number of hydrogen-bond acceptors (Lipinski definition) is 5. The summed E-state index contributed by atoms with van der Waals surface area (Å²) in [7, 11) is 0. The highest BCUT2D eigenvalue weighted by Crippen LogP contribution is 2.18. The molecule has 1 aromatic rings. The number of carbonyl (C=O) groups is 1. The van der Waals surface area contributed by atoms with Crippen molar-refractivity contribution in [2.24, 2.45) is 0 Å². The molecule has 0 aliphatic rings. The summed E-state index contributed by atoms with van der Waals surface area (Å²) in [6.07, 6.45) is 2.50. The SMILES string of the molecule is O=CCCSc1ccc([N+](=O)[O-])cn1. The maximum Gasteiger partial charge on any atom is 0.287 e. The van der Waals surface area contributed by atoms with Gasteiger partial charge in [-0.15, -0.1) is 11.8 Å². The van der Waals surface area contributed by atoms with Gasteiger partial charge in [0.2, 0.25) is 0 Å². The molecule has 0 fully saturated rings. The minimum Gasteiger partial charge on any atom is -0.303 e. The standard InChI is InChI=1S/C8H8N2O3S/c11-4-1-5-14-8-3-2-7(6-9-8)10(12)13/h2-4,6H,1,5H2. The van der Waals surface area contributed by atoms with Crippen LogP contribution in [0.1, 0.15) is 6.42 Å². The minimum absolute atomic E-state index is 0.0234. The average molecular weight is 212 g/mol. The van der Waals surface area contributed by atoms with Crippen molar-refractivity contribution in [3.8, 4) is 0 Å². The second-order valence-corrected chi connectivity index (χ2v) is 3.53. The number of aromatic nitrogens is 1. The fraction of sp³-hybridized carbons (Fsp3) is 0.250. The van der Waals surface area contributed by atoms with Gasteiger partial charge >= 0.3 is 0 Å². The lowest BCUT2D eigenvalue weighted by Crippen LogP contribution is -1.89. The Morgan fingerprint density at radius 3 is 2.86 bits per heavy atom. The highest BCUT2D eigenvalue weighted by molar-refractivity contribution is 7.99. The highest BCUT2D eigenvalue weighted by atomic mass is 32.2. The van der Waals surface area contributed by atoms with E-state index in [2.05, 4.69) is 4.98 Å². The van der Waals surface area contributed by atoms with Crippen molar-refractivity contribution in [1.82, 2.24) is 4.98 Å². The maximum absolute atomic E-state index is 10.3. The summed E-state index contributed by atoms with van der Waals surface area (Å²) >= 11 is 1.40. The number of thioether (sulfide) groups is 1. The van der Waals surface area contributed by atoms with Crippen LogP contribution >= 0.6 is 11.8 Å². The van der Waals surface area contributed by atoms with E-state index in [9.17, 15) is 14.9 Å². The summed E-state index contributed by atoms with van der Waals surface area (Å²) in [5.74, 6) is 0.647. The van der Waals surface area contributed by atoms with Gasteiger partial charge in [-0.25, -0.2) is 4.98 Å². The van der Waals surface area contributed by atoms with Gasteiger partial charge < -0.3 is 4.79 Å². The van der Waals surface area contributed by atoms with Gasteiger partial charge in [-0.05, 0) is 6.07 Å². The predicted octanol–water partition coefficient (Wildman–Crippen LogP) is 1.67. The summed E-state index contributed by atoms with van der Waals surface area (Å²) in [6.45, 7) is 0. The Morgan fingerprint density at radius 1 is 1.57 bits per heavy atom. The monoisotopic (exact) mass is 212 g/mol. The van der Waals surface area contributed by atoms with E-state index in [1.54, 1.807) is 6.07 Å². The van der Waals surface area contributed by atoms with Crippen molar-refractivity contribution >= 4 is 23.7 Å². The number of hydrogen-bond donors (Lipinski definition) is 0. The van der Waals surface area contributed by atoms with Crippen LogP contribution in [0.4, 0.5) is 5.69 Å². The molecule has 0 unspecified atom stereocenters. The van der Waals surface area contributed by atoms with Crippen molar-refractivity contribution in [2.45, 2.75) is 11.4 Å². The number of nitro groups is 1. The van der Waals surface area contributed by atoms with Crippen molar-refractivity contribution in [3.63, 3.8) is 0 Å². The first-order valence-corrected chi connectivity index (χ1v) is 4.89. The molecule has 0 saturated carbocycles. The maximum atomic E-state index is 10.3. The van der Waals surface area contributed by atoms with Gasteiger partial charge in [-0.1, -0.05) is 0 Å². The topological polar surface area (TPSA) is 73.1 Å². The Morgan fingerprint density at radius 2 is 2.36 bits per heavy atom. The van der Waals surface area contributed by atoms with Crippen molar-refractivity contribution < 1.29 is 9.72 Å². The molecule has 0 radical (unpaired) electrons. The van der Waals surface area contributed by atoms with Crippen molar-refractivity contribution in [3.05, 3.63) is 28.4 Å². The van der Waals surface area contributed by atoms with E-state index in [0.29, 0.717) is 17.2 Å². The third kappa shape index (κ3) is 3.14. The molecule has 0 aromatic carbocycles. The lowest BCUT2D eigenvalue weighted by molar-refractivity contribution is -0.385. The molecule has 1 rings (SSSR count). The molecule has 14 heavy (non-hydrogen) atoms. The fourth-order valence-corrected chi connectivity index (χ4v) is 1.49. The van der Waals surface area contributed by atoms with E-state index in [4.69, 9.17) is 0 Å². The van der Waals surface area contributed by atoms with Crippen LogP contribution in [0.25, 0.3) is 0 Å². The number of rotatable bonds is 5. The zero-order chi connectivity index (χ0) is 10.4. The van der Waals surface area contributed by atoms with Gasteiger partial charge in [0.05, 0.1) is 9.95 Å². The van der Waals surface area contributed by atoms with Crippen LogP contribution in [0, 0.1) is 10.1 Å². The molecule has 0 aliphatic carbocycles. The number of aldehydes is 1. The van der Waals surface area contributed by atoms with Gasteiger partial charge in [-0.3, -0.25) is 10.1 Å². The Bertz CT molecular complexity index is 326. The Labute approximate surface area is 84.7 Å². The quantitative estimate of drug-likeness (QED) is 0.244. The summed E-state index contributed by atoms with van der Waals surface area (Å²) in [5, 5.41) is 11.0. The van der Waals surface area contributed by atoms with Gasteiger partial charge in [0.25, 0.3) is 5.69 Å². The largest absolute Gasteiger partial charge is 0.303 e. The Balaban J connectivity index is 2.55. The molecular formula is C8H8N2O3S. The second-order valence-electron chi connectivity index (χ2n) is 2.42. The van der Waals surface area contributed by atoms with E-state index in [0.717, 1.165) is 6.29 Å². The first-order chi connectivity index (χ1) is 6.74. The average Bonchev–Trinajstić information content (AvgIpc) is 2.19. The molecular weight excluding hydrogens is 204 g/mol. The lowest BCUT2D eigenvalue weighted by Gasteiger charge is -1.96. The molecule has 1 aromatic heterocycles. The van der Waals surface area contributed by atoms with E-state index in [1.807, 2.05) is 0 Å². The zero-order valence-corrected chi connectivity index (χ0v) is 8.07. The third-order valence-electron chi connectivity index (χ3n) is 1.42. The van der Waals surface area contributed by atoms with E-state index < -0.39 is 4.92 Å². The van der Waals surface area contributed by atoms with Crippen LogP contribution in [0.15, 0.2) is 23.4 Å². The van der Waals surface area contributed by atoms with E-state index in [1.165, 1.54) is 24.0 Å². The summed E-state index contributed by atoms with van der Waals surface area (Å²) in [5.41, 5.74) is -0.0234. The molecule has 1 heterocycles. The van der Waals surface area contributed by atoms with Crippen LogP contribution in [-0.4, -0.2) is 21.9 Å². The molecule has 6 heteroatoms. The first-order valence-electron chi connectivity index (χ1n) is 3.91. The van der Waals surface area contributed by atoms with Crippen molar-refractivity contribution in [2.75, 3.05) is 5.75 Å². The molecule has 0 N–H and O–H groups in total. The highest BCUT2D eigenvalue weighted by Gasteiger charge is 2.04. The second kappa shape index (κ2) is 5.33. The zero-order valence-electron chi connectivity index (χ0n) is 7.25. The summed E-state index contributed by atoms with van der Waals surface area (Å²) < 4.78 is 0. The first kappa shape index (κ1) is 10.6. The van der Waals surface area contributed by atoms with Crippen LogP contribution in [-0.2, 0) is 4.79 Å². The van der Waals surface area contributed by atoms with E-state index in [-0.39, 0.29) is 5.69 Å². The van der Waals surface area contributed by atoms with Gasteiger partial charge in [0.15, 0.2) is 0 Å². The molecule has 0 spiro atoms. The molecule has 74 valence electrons. The van der Waals surface area contributed by atoms with Crippen LogP contribution in [0.5, 0.6) is 0 Å². The molecule has 0 saturated heterocycles. The number of carbonyl (C=O) groups excluding carboxylic acids is 1. The fourth-order valence-electron chi connectivity index (χ4n) is 0.777. The summed E-state index contributed by atoms with van der Waals surface area (Å²) in [6, 6.07) is 2.98. The third-order valence-corrected chi connectivity index (χ3v) is 2.39. The number of pyridine rings is 1. The molecule has 0 bridgehead atoms. The van der Waals surface area contributed by atoms with Gasteiger partial charge in [0, 0.05) is 18.2 Å². The predicted molar refractivity (Wildman–Crippen MR) is 52.3 cm³/mol. The Kier molecular flexibility index (Phi) is 4.06. The minimum atomic E-state index is -0.493. The molecule has 5 nitrogen and oxygen atoms in total. The van der Waals surface area contributed by atoms with Crippen LogP contribution in [0.3, 0.4) is 0 Å². The lowest BCUT2D eigenvalue weighted by atomic mass is 10.4. The smallest absolute Gasteiger partial charge is 0.287 e. The number of nitrogens with zero attached hydrogens (tertiary/aromatic N) is 2.